The minimum absolute atomic E-state index is 0.00782. The number of primary sulfonamides is 1. The molecule has 3 aromatic rings. The van der Waals surface area contributed by atoms with E-state index < -0.39 is 10.0 Å². The number of sulfonamides is 1. The molecule has 0 bridgehead atoms. The number of nitrogens with two attached hydrogens (primary N) is 1. The van der Waals surface area contributed by atoms with Crippen molar-refractivity contribution in [2.24, 2.45) is 5.14 Å². The van der Waals surface area contributed by atoms with Crippen LogP contribution in [0, 0.1) is 6.92 Å². The Balaban J connectivity index is 1.74. The summed E-state index contributed by atoms with van der Waals surface area (Å²) in [5.74, 6) is -0.344. The molecule has 0 unspecified atom stereocenters. The molecular weight excluding hydrogens is 352 g/mol. The van der Waals surface area contributed by atoms with E-state index in [9.17, 15) is 13.2 Å². The van der Waals surface area contributed by atoms with Gasteiger partial charge < -0.3 is 5.32 Å². The maximum absolute atomic E-state index is 12.4. The van der Waals surface area contributed by atoms with Gasteiger partial charge in [0.2, 0.25) is 10.0 Å². The first-order valence-corrected chi connectivity index (χ1v) is 9.41. The zero-order chi connectivity index (χ0) is 18.7. The number of amides is 1. The number of carbonyl (C=O) groups is 1. The summed E-state index contributed by atoms with van der Waals surface area (Å²) in [6.07, 6.45) is 0. The Hall–Kier alpha value is -2.97. The Morgan fingerprint density at radius 1 is 1.12 bits per heavy atom. The zero-order valence-corrected chi connectivity index (χ0v) is 14.9. The van der Waals surface area contributed by atoms with Crippen LogP contribution in [-0.4, -0.2) is 24.1 Å². The number of carbonyl (C=O) groups excluding carboxylic acids is 1. The van der Waals surface area contributed by atoms with Crippen molar-refractivity contribution in [3.05, 3.63) is 77.6 Å². The second kappa shape index (κ2) is 7.11. The van der Waals surface area contributed by atoms with Crippen LogP contribution < -0.4 is 10.5 Å². The molecule has 0 saturated carbocycles. The lowest BCUT2D eigenvalue weighted by atomic mass is 10.2. The predicted octanol–water partition coefficient (Wildman–Crippen LogP) is 1.76. The van der Waals surface area contributed by atoms with E-state index in [1.165, 1.54) is 12.1 Å². The van der Waals surface area contributed by atoms with Crippen molar-refractivity contribution in [3.8, 4) is 5.69 Å². The third-order valence-electron chi connectivity index (χ3n) is 3.80. The van der Waals surface area contributed by atoms with Gasteiger partial charge in [0, 0.05) is 12.2 Å². The normalized spacial score (nSPS) is 11.3. The number of nitrogens with one attached hydrogen (secondary N) is 1. The third kappa shape index (κ3) is 3.98. The summed E-state index contributed by atoms with van der Waals surface area (Å²) in [5, 5.41) is 12.2. The molecule has 134 valence electrons. The highest BCUT2D eigenvalue weighted by molar-refractivity contribution is 7.89. The standard InChI is InChI=1S/C18H18N4O3S/c1-13-10-17(21-22(13)15-7-3-2-4-8-15)18(23)20-12-14-6-5-9-16(11-14)26(19,24)25/h2-11H,12H2,1H3,(H,20,23)(H2,19,24,25). The van der Waals surface area contributed by atoms with Gasteiger partial charge in [-0.25, -0.2) is 18.2 Å². The van der Waals surface area contributed by atoms with E-state index in [2.05, 4.69) is 10.4 Å². The Morgan fingerprint density at radius 3 is 2.54 bits per heavy atom. The minimum atomic E-state index is -3.78. The Kier molecular flexibility index (Phi) is 4.88. The van der Waals surface area contributed by atoms with Gasteiger partial charge in [0.25, 0.3) is 5.91 Å². The summed E-state index contributed by atoms with van der Waals surface area (Å²) in [6.45, 7) is 2.03. The molecule has 26 heavy (non-hydrogen) atoms. The zero-order valence-electron chi connectivity index (χ0n) is 14.1. The van der Waals surface area contributed by atoms with Crippen LogP contribution in [-0.2, 0) is 16.6 Å². The fraction of sp³-hybridized carbons (Fsp3) is 0.111. The number of aromatic nitrogens is 2. The molecule has 2 aromatic carbocycles. The van der Waals surface area contributed by atoms with Gasteiger partial charge in [-0.15, -0.1) is 0 Å². The van der Waals surface area contributed by atoms with Gasteiger partial charge in [0.05, 0.1) is 10.6 Å². The number of hydrogen-bond acceptors (Lipinski definition) is 4. The van der Waals surface area contributed by atoms with Crippen LogP contribution in [0.3, 0.4) is 0 Å². The molecule has 3 N–H and O–H groups in total. The molecular formula is C18H18N4O3S. The van der Waals surface area contributed by atoms with Crippen molar-refractivity contribution in [1.82, 2.24) is 15.1 Å². The highest BCUT2D eigenvalue weighted by Crippen LogP contribution is 2.13. The molecule has 8 heteroatoms. The van der Waals surface area contributed by atoms with Crippen molar-refractivity contribution in [3.63, 3.8) is 0 Å². The molecule has 0 saturated heterocycles. The number of aryl methyl sites for hydroxylation is 1. The summed E-state index contributed by atoms with van der Waals surface area (Å²) in [4.78, 5) is 12.4. The van der Waals surface area contributed by atoms with Crippen molar-refractivity contribution in [1.29, 1.82) is 0 Å². The van der Waals surface area contributed by atoms with Crippen LogP contribution >= 0.6 is 0 Å². The molecule has 3 rings (SSSR count). The van der Waals surface area contributed by atoms with Crippen LogP contribution in [0.25, 0.3) is 5.69 Å². The van der Waals surface area contributed by atoms with E-state index in [-0.39, 0.29) is 23.0 Å². The summed E-state index contributed by atoms with van der Waals surface area (Å²) in [5.41, 5.74) is 2.61. The summed E-state index contributed by atoms with van der Waals surface area (Å²) >= 11 is 0. The molecule has 0 spiro atoms. The number of hydrogen-bond donors (Lipinski definition) is 2. The van der Waals surface area contributed by atoms with Crippen molar-refractivity contribution in [2.45, 2.75) is 18.4 Å². The minimum Gasteiger partial charge on any atom is -0.347 e. The van der Waals surface area contributed by atoms with Crippen molar-refractivity contribution >= 4 is 15.9 Å². The van der Waals surface area contributed by atoms with E-state index >= 15 is 0 Å². The van der Waals surface area contributed by atoms with Gasteiger partial charge >= 0.3 is 0 Å². The van der Waals surface area contributed by atoms with E-state index in [0.717, 1.165) is 11.4 Å². The highest BCUT2D eigenvalue weighted by Gasteiger charge is 2.14. The van der Waals surface area contributed by atoms with Crippen LogP contribution in [0.1, 0.15) is 21.7 Å². The number of nitrogens with zero attached hydrogens (tertiary/aromatic N) is 2. The second-order valence-corrected chi connectivity index (χ2v) is 7.35. The van der Waals surface area contributed by atoms with E-state index in [1.54, 1.807) is 22.9 Å². The van der Waals surface area contributed by atoms with Gasteiger partial charge in [-0.1, -0.05) is 30.3 Å². The van der Waals surface area contributed by atoms with E-state index in [0.29, 0.717) is 5.56 Å². The van der Waals surface area contributed by atoms with Gasteiger partial charge in [0.1, 0.15) is 0 Å². The van der Waals surface area contributed by atoms with Gasteiger partial charge in [-0.3, -0.25) is 4.79 Å². The molecule has 1 heterocycles. The first kappa shape index (κ1) is 17.8. The fourth-order valence-electron chi connectivity index (χ4n) is 2.52. The molecule has 7 nitrogen and oxygen atoms in total. The fourth-order valence-corrected chi connectivity index (χ4v) is 3.11. The van der Waals surface area contributed by atoms with Crippen LogP contribution in [0.15, 0.2) is 65.6 Å². The maximum Gasteiger partial charge on any atom is 0.272 e. The molecule has 0 aliphatic carbocycles. The summed E-state index contributed by atoms with van der Waals surface area (Å²) in [6, 6.07) is 17.3. The van der Waals surface area contributed by atoms with Crippen molar-refractivity contribution < 1.29 is 13.2 Å². The lowest BCUT2D eigenvalue weighted by molar-refractivity contribution is 0.0945. The number of rotatable bonds is 5. The van der Waals surface area contributed by atoms with Gasteiger partial charge in [-0.2, -0.15) is 5.10 Å². The summed E-state index contributed by atoms with van der Waals surface area (Å²) < 4.78 is 24.5. The Morgan fingerprint density at radius 2 is 1.85 bits per heavy atom. The quantitative estimate of drug-likeness (QED) is 0.713. The van der Waals surface area contributed by atoms with Crippen LogP contribution in [0.5, 0.6) is 0 Å². The van der Waals surface area contributed by atoms with Crippen molar-refractivity contribution in [2.75, 3.05) is 0 Å². The summed E-state index contributed by atoms with van der Waals surface area (Å²) in [7, 11) is -3.78. The number of para-hydroxylation sites is 1. The highest BCUT2D eigenvalue weighted by atomic mass is 32.2. The lowest BCUT2D eigenvalue weighted by Gasteiger charge is -2.05. The average Bonchev–Trinajstić information content (AvgIpc) is 3.02. The maximum atomic E-state index is 12.4. The smallest absolute Gasteiger partial charge is 0.272 e. The first-order chi connectivity index (χ1) is 12.3. The topological polar surface area (TPSA) is 107 Å². The molecule has 0 radical (unpaired) electrons. The predicted molar refractivity (Wildman–Crippen MR) is 97.3 cm³/mol. The largest absolute Gasteiger partial charge is 0.347 e. The Labute approximate surface area is 151 Å². The van der Waals surface area contributed by atoms with Crippen LogP contribution in [0.4, 0.5) is 0 Å². The molecule has 1 aromatic heterocycles. The molecule has 0 fully saturated rings. The third-order valence-corrected chi connectivity index (χ3v) is 4.71. The second-order valence-electron chi connectivity index (χ2n) is 5.79. The average molecular weight is 370 g/mol. The lowest BCUT2D eigenvalue weighted by Crippen LogP contribution is -2.23. The SMILES string of the molecule is Cc1cc(C(=O)NCc2cccc(S(N)(=O)=O)c2)nn1-c1ccccc1. The molecule has 0 aliphatic rings. The van der Waals surface area contributed by atoms with E-state index in [1.807, 2.05) is 37.3 Å². The van der Waals surface area contributed by atoms with Gasteiger partial charge in [-0.05, 0) is 42.8 Å². The monoisotopic (exact) mass is 370 g/mol. The Bertz CT molecular complexity index is 1040. The number of benzene rings is 2. The molecule has 1 amide bonds. The first-order valence-electron chi connectivity index (χ1n) is 7.86. The molecule has 0 atom stereocenters. The molecule has 0 aliphatic heterocycles. The van der Waals surface area contributed by atoms with E-state index in [4.69, 9.17) is 5.14 Å². The van der Waals surface area contributed by atoms with Crippen LogP contribution in [0.2, 0.25) is 0 Å². The van der Waals surface area contributed by atoms with Gasteiger partial charge in [0.15, 0.2) is 5.69 Å².